The topological polar surface area (TPSA) is 64.4 Å². The predicted molar refractivity (Wildman–Crippen MR) is 70.9 cm³/mol. The van der Waals surface area contributed by atoms with Crippen molar-refractivity contribution in [2.24, 2.45) is 0 Å². The average molecular weight is 266 g/mol. The molecule has 0 bridgehead atoms. The van der Waals surface area contributed by atoms with E-state index in [0.717, 1.165) is 29.9 Å². The Kier molecular flexibility index (Phi) is 3.94. The molecule has 0 aromatic carbocycles. The van der Waals surface area contributed by atoms with Gasteiger partial charge in [0, 0.05) is 18.2 Å². The normalized spacial score (nSPS) is 22.2. The van der Waals surface area contributed by atoms with Crippen molar-refractivity contribution in [1.29, 1.82) is 0 Å². The first-order valence-corrected chi connectivity index (χ1v) is 6.72. The third-order valence-electron chi connectivity index (χ3n) is 3.58. The molecule has 0 aliphatic carbocycles. The van der Waals surface area contributed by atoms with Crippen LogP contribution in [-0.4, -0.2) is 29.3 Å². The smallest absolute Gasteiger partial charge is 0.224 e. The van der Waals surface area contributed by atoms with Gasteiger partial charge in [0.05, 0.1) is 17.7 Å². The fourth-order valence-electron chi connectivity index (χ4n) is 2.55. The minimum absolute atomic E-state index is 0.0251. The Balaban J connectivity index is 1.91. The first kappa shape index (κ1) is 14.1. The van der Waals surface area contributed by atoms with Crippen LogP contribution in [0.15, 0.2) is 4.52 Å². The molecule has 5 heteroatoms. The van der Waals surface area contributed by atoms with E-state index in [9.17, 15) is 4.79 Å². The molecule has 1 saturated heterocycles. The molecular formula is C14H22N2O3. The molecule has 1 amide bonds. The van der Waals surface area contributed by atoms with Gasteiger partial charge in [0.15, 0.2) is 0 Å². The number of rotatable bonds is 3. The van der Waals surface area contributed by atoms with Gasteiger partial charge in [0.25, 0.3) is 0 Å². The van der Waals surface area contributed by atoms with Crippen LogP contribution in [0.25, 0.3) is 0 Å². The van der Waals surface area contributed by atoms with Gasteiger partial charge in [-0.2, -0.15) is 0 Å². The van der Waals surface area contributed by atoms with E-state index in [4.69, 9.17) is 9.26 Å². The van der Waals surface area contributed by atoms with Gasteiger partial charge >= 0.3 is 0 Å². The molecule has 1 aromatic heterocycles. The SMILES string of the molecule is Cc1noc(C)c1CC(=O)N[C@@H]1CCOC(C)(C)C1. The van der Waals surface area contributed by atoms with Crippen molar-refractivity contribution in [2.75, 3.05) is 6.61 Å². The number of amides is 1. The fourth-order valence-corrected chi connectivity index (χ4v) is 2.55. The van der Waals surface area contributed by atoms with Crippen molar-refractivity contribution >= 4 is 5.91 Å². The Morgan fingerprint density at radius 2 is 2.21 bits per heavy atom. The Bertz CT molecular complexity index is 446. The predicted octanol–water partition coefficient (Wildman–Crippen LogP) is 1.91. The number of aromatic nitrogens is 1. The summed E-state index contributed by atoms with van der Waals surface area (Å²) in [6, 6.07) is 0.191. The first-order chi connectivity index (χ1) is 8.87. The molecule has 1 aliphatic heterocycles. The van der Waals surface area contributed by atoms with E-state index in [1.54, 1.807) is 0 Å². The van der Waals surface area contributed by atoms with Crippen molar-refractivity contribution in [3.05, 3.63) is 17.0 Å². The van der Waals surface area contributed by atoms with Crippen molar-refractivity contribution in [2.45, 2.75) is 58.6 Å². The number of carbonyl (C=O) groups excluding carboxylic acids is 1. The van der Waals surface area contributed by atoms with Crippen molar-refractivity contribution < 1.29 is 14.1 Å². The molecule has 1 fully saturated rings. The van der Waals surface area contributed by atoms with Crippen LogP contribution < -0.4 is 5.32 Å². The second kappa shape index (κ2) is 5.33. The molecule has 5 nitrogen and oxygen atoms in total. The number of ether oxygens (including phenoxy) is 1. The van der Waals surface area contributed by atoms with Gasteiger partial charge in [-0.05, 0) is 40.5 Å². The monoisotopic (exact) mass is 266 g/mol. The quantitative estimate of drug-likeness (QED) is 0.907. The lowest BCUT2D eigenvalue weighted by molar-refractivity contribution is -0.123. The van der Waals surface area contributed by atoms with Gasteiger partial charge in [-0.15, -0.1) is 0 Å². The van der Waals surface area contributed by atoms with Crippen molar-refractivity contribution in [1.82, 2.24) is 10.5 Å². The van der Waals surface area contributed by atoms with Gasteiger partial charge in [-0.25, -0.2) is 0 Å². The van der Waals surface area contributed by atoms with Gasteiger partial charge < -0.3 is 14.6 Å². The van der Waals surface area contributed by atoms with Crippen LogP contribution in [0.1, 0.15) is 43.7 Å². The van der Waals surface area contributed by atoms with Crippen LogP contribution in [0.2, 0.25) is 0 Å². The number of carbonyl (C=O) groups is 1. The molecule has 0 unspecified atom stereocenters. The highest BCUT2D eigenvalue weighted by Crippen LogP contribution is 2.24. The third-order valence-corrected chi connectivity index (χ3v) is 3.58. The largest absolute Gasteiger partial charge is 0.375 e. The third kappa shape index (κ3) is 3.56. The maximum absolute atomic E-state index is 12.1. The van der Waals surface area contributed by atoms with Crippen molar-refractivity contribution in [3.8, 4) is 0 Å². The van der Waals surface area contributed by atoms with E-state index in [2.05, 4.69) is 24.3 Å². The lowest BCUT2D eigenvalue weighted by atomic mass is 9.94. The molecule has 106 valence electrons. The van der Waals surface area contributed by atoms with E-state index in [1.165, 1.54) is 0 Å². The summed E-state index contributed by atoms with van der Waals surface area (Å²) in [4.78, 5) is 12.1. The number of hydrogen-bond donors (Lipinski definition) is 1. The van der Waals surface area contributed by atoms with E-state index in [1.807, 2.05) is 13.8 Å². The molecule has 1 atom stereocenters. The number of hydrogen-bond acceptors (Lipinski definition) is 4. The van der Waals surface area contributed by atoms with E-state index in [0.29, 0.717) is 13.0 Å². The van der Waals surface area contributed by atoms with Crippen LogP contribution >= 0.6 is 0 Å². The molecule has 0 radical (unpaired) electrons. The molecule has 1 aliphatic rings. The summed E-state index contributed by atoms with van der Waals surface area (Å²) in [5.41, 5.74) is 1.53. The van der Waals surface area contributed by atoms with Gasteiger partial charge in [-0.1, -0.05) is 5.16 Å². The first-order valence-electron chi connectivity index (χ1n) is 6.72. The van der Waals surface area contributed by atoms with E-state index >= 15 is 0 Å². The lowest BCUT2D eigenvalue weighted by Gasteiger charge is -2.35. The Hall–Kier alpha value is -1.36. The number of aryl methyl sites for hydroxylation is 2. The molecule has 19 heavy (non-hydrogen) atoms. The molecule has 0 spiro atoms. The van der Waals surface area contributed by atoms with E-state index in [-0.39, 0.29) is 17.6 Å². The molecular weight excluding hydrogens is 244 g/mol. The Morgan fingerprint density at radius 1 is 1.47 bits per heavy atom. The van der Waals surface area contributed by atoms with Crippen LogP contribution in [-0.2, 0) is 16.0 Å². The number of nitrogens with one attached hydrogen (secondary N) is 1. The molecule has 2 rings (SSSR count). The van der Waals surface area contributed by atoms with Crippen LogP contribution in [0.4, 0.5) is 0 Å². The Morgan fingerprint density at radius 3 is 2.79 bits per heavy atom. The second-order valence-corrected chi connectivity index (χ2v) is 5.84. The minimum atomic E-state index is -0.154. The summed E-state index contributed by atoms with van der Waals surface area (Å²) in [6.45, 7) is 8.50. The summed E-state index contributed by atoms with van der Waals surface area (Å²) in [6.07, 6.45) is 2.05. The second-order valence-electron chi connectivity index (χ2n) is 5.84. The highest BCUT2D eigenvalue weighted by atomic mass is 16.5. The molecule has 1 N–H and O–H groups in total. The van der Waals surface area contributed by atoms with Crippen molar-refractivity contribution in [3.63, 3.8) is 0 Å². The maximum atomic E-state index is 12.1. The van der Waals surface area contributed by atoms with Crippen LogP contribution in [0.5, 0.6) is 0 Å². The highest BCUT2D eigenvalue weighted by molar-refractivity contribution is 5.79. The molecule has 1 aromatic rings. The molecule has 2 heterocycles. The summed E-state index contributed by atoms with van der Waals surface area (Å²) in [7, 11) is 0. The van der Waals surface area contributed by atoms with Crippen LogP contribution in [0, 0.1) is 13.8 Å². The highest BCUT2D eigenvalue weighted by Gasteiger charge is 2.29. The van der Waals surface area contributed by atoms with E-state index < -0.39 is 0 Å². The summed E-state index contributed by atoms with van der Waals surface area (Å²) >= 11 is 0. The summed E-state index contributed by atoms with van der Waals surface area (Å²) in [5, 5.41) is 6.94. The minimum Gasteiger partial charge on any atom is -0.375 e. The summed E-state index contributed by atoms with van der Waals surface area (Å²) in [5.74, 6) is 0.747. The summed E-state index contributed by atoms with van der Waals surface area (Å²) < 4.78 is 10.7. The van der Waals surface area contributed by atoms with Gasteiger partial charge in [-0.3, -0.25) is 4.79 Å². The van der Waals surface area contributed by atoms with Gasteiger partial charge in [0.1, 0.15) is 5.76 Å². The Labute approximate surface area is 113 Å². The maximum Gasteiger partial charge on any atom is 0.224 e. The standard InChI is InChI=1S/C14H22N2O3/c1-9-12(10(2)19-16-9)7-13(17)15-11-5-6-18-14(3,4)8-11/h11H,5-8H2,1-4H3,(H,15,17)/t11-/m1/s1. The number of nitrogens with zero attached hydrogens (tertiary/aromatic N) is 1. The molecule has 0 saturated carbocycles. The average Bonchev–Trinajstić information content (AvgIpc) is 2.59. The zero-order chi connectivity index (χ0) is 14.0. The van der Waals surface area contributed by atoms with Gasteiger partial charge in [0.2, 0.25) is 5.91 Å². The fraction of sp³-hybridized carbons (Fsp3) is 0.714. The zero-order valence-electron chi connectivity index (χ0n) is 12.1. The zero-order valence-corrected chi connectivity index (χ0v) is 12.1. The lowest BCUT2D eigenvalue weighted by Crippen LogP contribution is -2.46. The van der Waals surface area contributed by atoms with Crippen LogP contribution in [0.3, 0.4) is 0 Å².